The quantitative estimate of drug-likeness (QED) is 0.598. The number of nitrogens with one attached hydrogen (secondary N) is 1. The first-order chi connectivity index (χ1) is 8.86. The number of piperidine rings is 1. The Balaban J connectivity index is 1.88. The Labute approximate surface area is 115 Å². The van der Waals surface area contributed by atoms with Crippen molar-refractivity contribution in [3.63, 3.8) is 0 Å². The summed E-state index contributed by atoms with van der Waals surface area (Å²) in [6.45, 7) is 10.9. The molecule has 2 heteroatoms. The van der Waals surface area contributed by atoms with Crippen molar-refractivity contribution in [3.8, 4) is 0 Å². The molecule has 1 saturated heterocycles. The monoisotopic (exact) mass is 254 g/mol. The predicted molar refractivity (Wildman–Crippen MR) is 81.1 cm³/mol. The van der Waals surface area contributed by atoms with Gasteiger partial charge in [0.15, 0.2) is 0 Å². The maximum Gasteiger partial charge on any atom is 0.0107 e. The first-order valence-electron chi connectivity index (χ1n) is 8.29. The Bertz CT molecular complexity index is 174. The predicted octanol–water partition coefficient (Wildman–Crippen LogP) is 3.67. The highest BCUT2D eigenvalue weighted by Gasteiger charge is 2.17. The lowest BCUT2D eigenvalue weighted by Gasteiger charge is -2.31. The summed E-state index contributed by atoms with van der Waals surface area (Å²) in [6.07, 6.45) is 11.2. The highest BCUT2D eigenvalue weighted by Crippen LogP contribution is 2.21. The standard InChI is InChI=1S/C16H34N2/c1-3-5-6-7-11-17-12-15-18-13-9-16(8-4-2)10-14-18/h16-17H,3-15H2,1-2H3. The third-order valence-corrected chi connectivity index (χ3v) is 4.22. The van der Waals surface area contributed by atoms with E-state index in [9.17, 15) is 0 Å². The first-order valence-corrected chi connectivity index (χ1v) is 8.29. The van der Waals surface area contributed by atoms with Crippen molar-refractivity contribution in [2.24, 2.45) is 5.92 Å². The van der Waals surface area contributed by atoms with Gasteiger partial charge in [0.1, 0.15) is 0 Å². The van der Waals surface area contributed by atoms with Crippen molar-refractivity contribution in [1.29, 1.82) is 0 Å². The molecule has 0 atom stereocenters. The highest BCUT2D eigenvalue weighted by molar-refractivity contribution is 4.72. The molecule has 0 radical (unpaired) electrons. The van der Waals surface area contributed by atoms with Gasteiger partial charge in [-0.25, -0.2) is 0 Å². The summed E-state index contributed by atoms with van der Waals surface area (Å²) in [4.78, 5) is 2.64. The van der Waals surface area contributed by atoms with Gasteiger partial charge in [-0.05, 0) is 44.8 Å². The van der Waals surface area contributed by atoms with E-state index in [1.807, 2.05) is 0 Å². The maximum atomic E-state index is 3.59. The molecule has 0 aromatic carbocycles. The Hall–Kier alpha value is -0.0800. The van der Waals surface area contributed by atoms with Gasteiger partial charge in [0, 0.05) is 13.1 Å². The molecular weight excluding hydrogens is 220 g/mol. The van der Waals surface area contributed by atoms with Gasteiger partial charge in [0.25, 0.3) is 0 Å². The van der Waals surface area contributed by atoms with E-state index in [4.69, 9.17) is 0 Å². The number of hydrogen-bond acceptors (Lipinski definition) is 2. The molecule has 0 bridgehead atoms. The van der Waals surface area contributed by atoms with E-state index >= 15 is 0 Å². The van der Waals surface area contributed by atoms with E-state index in [1.54, 1.807) is 0 Å². The Morgan fingerprint density at radius 1 is 0.944 bits per heavy atom. The van der Waals surface area contributed by atoms with Crippen LogP contribution in [0.3, 0.4) is 0 Å². The SMILES string of the molecule is CCCCCCNCCN1CCC(CCC)CC1. The second-order valence-corrected chi connectivity index (χ2v) is 5.88. The summed E-state index contributed by atoms with van der Waals surface area (Å²) >= 11 is 0. The molecule has 108 valence electrons. The number of likely N-dealkylation sites (tertiary alicyclic amines) is 1. The second-order valence-electron chi connectivity index (χ2n) is 5.88. The van der Waals surface area contributed by atoms with Crippen LogP contribution in [0.1, 0.15) is 65.2 Å². The van der Waals surface area contributed by atoms with Crippen molar-refractivity contribution in [2.75, 3.05) is 32.7 Å². The molecule has 18 heavy (non-hydrogen) atoms. The number of unbranched alkanes of at least 4 members (excludes halogenated alkanes) is 3. The summed E-state index contributed by atoms with van der Waals surface area (Å²) in [5.41, 5.74) is 0. The number of hydrogen-bond donors (Lipinski definition) is 1. The van der Waals surface area contributed by atoms with Crippen molar-refractivity contribution >= 4 is 0 Å². The lowest BCUT2D eigenvalue weighted by molar-refractivity contribution is 0.179. The van der Waals surface area contributed by atoms with Crippen molar-refractivity contribution in [2.45, 2.75) is 65.2 Å². The molecular formula is C16H34N2. The largest absolute Gasteiger partial charge is 0.315 e. The normalized spacial score (nSPS) is 18.3. The van der Waals surface area contributed by atoms with Crippen molar-refractivity contribution < 1.29 is 0 Å². The number of rotatable bonds is 10. The van der Waals surface area contributed by atoms with Crippen LogP contribution >= 0.6 is 0 Å². The average Bonchev–Trinajstić information content (AvgIpc) is 2.40. The van der Waals surface area contributed by atoms with Gasteiger partial charge in [-0.3, -0.25) is 0 Å². The van der Waals surface area contributed by atoms with Crippen LogP contribution in [0.25, 0.3) is 0 Å². The van der Waals surface area contributed by atoms with Crippen LogP contribution in [-0.4, -0.2) is 37.6 Å². The fourth-order valence-electron chi connectivity index (χ4n) is 2.95. The second kappa shape index (κ2) is 10.8. The summed E-state index contributed by atoms with van der Waals surface area (Å²) in [6, 6.07) is 0. The van der Waals surface area contributed by atoms with Gasteiger partial charge in [0.05, 0.1) is 0 Å². The average molecular weight is 254 g/mol. The minimum Gasteiger partial charge on any atom is -0.315 e. The molecule has 1 aliphatic rings. The zero-order valence-electron chi connectivity index (χ0n) is 12.7. The molecule has 0 aromatic rings. The summed E-state index contributed by atoms with van der Waals surface area (Å²) in [7, 11) is 0. The van der Waals surface area contributed by atoms with Crippen LogP contribution in [-0.2, 0) is 0 Å². The Morgan fingerprint density at radius 2 is 1.72 bits per heavy atom. The minimum absolute atomic E-state index is 1.02. The number of nitrogens with zero attached hydrogens (tertiary/aromatic N) is 1. The third kappa shape index (κ3) is 7.38. The van der Waals surface area contributed by atoms with Gasteiger partial charge in [-0.15, -0.1) is 0 Å². The molecule has 0 unspecified atom stereocenters. The third-order valence-electron chi connectivity index (χ3n) is 4.22. The lowest BCUT2D eigenvalue weighted by Crippen LogP contribution is -2.38. The highest BCUT2D eigenvalue weighted by atomic mass is 15.1. The molecule has 1 N–H and O–H groups in total. The smallest absolute Gasteiger partial charge is 0.0107 e. The topological polar surface area (TPSA) is 15.3 Å². The van der Waals surface area contributed by atoms with Gasteiger partial charge in [-0.2, -0.15) is 0 Å². The van der Waals surface area contributed by atoms with E-state index in [0.717, 1.165) is 5.92 Å². The lowest BCUT2D eigenvalue weighted by atomic mass is 9.92. The summed E-state index contributed by atoms with van der Waals surface area (Å²) in [5.74, 6) is 1.02. The molecule has 1 aliphatic heterocycles. The van der Waals surface area contributed by atoms with Crippen molar-refractivity contribution in [1.82, 2.24) is 10.2 Å². The molecule has 0 saturated carbocycles. The van der Waals surface area contributed by atoms with E-state index in [0.29, 0.717) is 0 Å². The zero-order valence-corrected chi connectivity index (χ0v) is 12.7. The molecule has 1 rings (SSSR count). The molecule has 0 aromatic heterocycles. The zero-order chi connectivity index (χ0) is 13.1. The minimum atomic E-state index is 1.02. The summed E-state index contributed by atoms with van der Waals surface area (Å²) in [5, 5.41) is 3.59. The fourth-order valence-corrected chi connectivity index (χ4v) is 2.95. The molecule has 0 aliphatic carbocycles. The van der Waals surface area contributed by atoms with Crippen LogP contribution in [0, 0.1) is 5.92 Å². The van der Waals surface area contributed by atoms with E-state index < -0.39 is 0 Å². The van der Waals surface area contributed by atoms with Crippen molar-refractivity contribution in [3.05, 3.63) is 0 Å². The molecule has 1 fully saturated rings. The summed E-state index contributed by atoms with van der Waals surface area (Å²) < 4.78 is 0. The molecule has 0 amide bonds. The molecule has 2 nitrogen and oxygen atoms in total. The van der Waals surface area contributed by atoms with Crippen LogP contribution in [0.5, 0.6) is 0 Å². The van der Waals surface area contributed by atoms with E-state index in [2.05, 4.69) is 24.1 Å². The maximum absolute atomic E-state index is 3.59. The Morgan fingerprint density at radius 3 is 2.39 bits per heavy atom. The fraction of sp³-hybridized carbons (Fsp3) is 1.00. The molecule has 1 heterocycles. The van der Waals surface area contributed by atoms with Crippen LogP contribution < -0.4 is 5.32 Å². The van der Waals surface area contributed by atoms with Gasteiger partial charge < -0.3 is 10.2 Å². The van der Waals surface area contributed by atoms with Gasteiger partial charge in [0.2, 0.25) is 0 Å². The van der Waals surface area contributed by atoms with Crippen LogP contribution in [0.4, 0.5) is 0 Å². The van der Waals surface area contributed by atoms with Crippen LogP contribution in [0.15, 0.2) is 0 Å². The molecule has 0 spiro atoms. The van der Waals surface area contributed by atoms with E-state index in [1.165, 1.54) is 84.1 Å². The first kappa shape index (κ1) is 16.0. The van der Waals surface area contributed by atoms with Crippen LogP contribution in [0.2, 0.25) is 0 Å². The van der Waals surface area contributed by atoms with Gasteiger partial charge >= 0.3 is 0 Å². The van der Waals surface area contributed by atoms with E-state index in [-0.39, 0.29) is 0 Å². The Kier molecular flexibility index (Phi) is 9.59. The van der Waals surface area contributed by atoms with Gasteiger partial charge in [-0.1, -0.05) is 46.0 Å².